The smallest absolute Gasteiger partial charge is 0.251 e. The molecule has 4 N–H and O–H groups in total. The Labute approximate surface area is 110 Å². The number of ether oxygens (including phenoxy) is 1. The highest BCUT2D eigenvalue weighted by Gasteiger charge is 2.36. The number of carbonyl (C=O) groups is 1. The first-order valence-electron chi connectivity index (χ1n) is 6.10. The minimum absolute atomic E-state index is 0.130. The fraction of sp³-hybridized carbons (Fsp3) is 0.462. The van der Waals surface area contributed by atoms with Gasteiger partial charge < -0.3 is 25.4 Å². The van der Waals surface area contributed by atoms with Crippen molar-refractivity contribution in [3.8, 4) is 0 Å². The third kappa shape index (κ3) is 3.30. The molecule has 104 valence electrons. The molecule has 19 heavy (non-hydrogen) atoms. The van der Waals surface area contributed by atoms with Crippen LogP contribution in [0.5, 0.6) is 0 Å². The standard InChI is InChI=1S/C13H17NO5/c15-7-11-10(16)6-9(13(18)19-11)14-12(17)8-4-2-1-3-5-8/h1-5,9-11,13,15-16,18H,6-7H2,(H,14,17)/t9-,10+,11-,13-/m1/s1. The highest BCUT2D eigenvalue weighted by atomic mass is 16.6. The molecule has 6 heteroatoms. The summed E-state index contributed by atoms with van der Waals surface area (Å²) in [7, 11) is 0. The Kier molecular flexibility index (Phi) is 4.49. The normalized spacial score (nSPS) is 30.9. The minimum atomic E-state index is -1.24. The number of nitrogens with one attached hydrogen (secondary N) is 1. The second-order valence-corrected chi connectivity index (χ2v) is 4.50. The van der Waals surface area contributed by atoms with E-state index in [1.165, 1.54) is 0 Å². The summed E-state index contributed by atoms with van der Waals surface area (Å²) in [5.74, 6) is -0.345. The molecular formula is C13H17NO5. The van der Waals surface area contributed by atoms with Crippen LogP contribution in [-0.2, 0) is 4.74 Å². The second-order valence-electron chi connectivity index (χ2n) is 4.50. The number of aliphatic hydroxyl groups excluding tert-OH is 3. The molecule has 0 unspecified atom stereocenters. The van der Waals surface area contributed by atoms with Gasteiger partial charge in [0.1, 0.15) is 6.10 Å². The average molecular weight is 267 g/mol. The third-order valence-corrected chi connectivity index (χ3v) is 3.12. The van der Waals surface area contributed by atoms with E-state index in [1.54, 1.807) is 30.3 Å². The van der Waals surface area contributed by atoms with Gasteiger partial charge in [0.05, 0.1) is 18.8 Å². The van der Waals surface area contributed by atoms with Crippen molar-refractivity contribution in [2.24, 2.45) is 0 Å². The van der Waals surface area contributed by atoms with Crippen molar-refractivity contribution in [2.75, 3.05) is 6.61 Å². The first-order chi connectivity index (χ1) is 9.11. The van der Waals surface area contributed by atoms with Crippen LogP contribution < -0.4 is 5.32 Å². The summed E-state index contributed by atoms with van der Waals surface area (Å²) in [5, 5.41) is 31.0. The number of carbonyl (C=O) groups excluding carboxylic acids is 1. The van der Waals surface area contributed by atoms with Gasteiger partial charge in [0, 0.05) is 12.0 Å². The largest absolute Gasteiger partial charge is 0.394 e. The Morgan fingerprint density at radius 2 is 2.00 bits per heavy atom. The summed E-state index contributed by atoms with van der Waals surface area (Å²) in [4.78, 5) is 11.9. The van der Waals surface area contributed by atoms with E-state index in [1.807, 2.05) is 0 Å². The fourth-order valence-electron chi connectivity index (χ4n) is 2.03. The predicted octanol–water partition coefficient (Wildman–Crippen LogP) is -0.754. The van der Waals surface area contributed by atoms with Crippen molar-refractivity contribution in [1.82, 2.24) is 5.32 Å². The monoisotopic (exact) mass is 267 g/mol. The summed E-state index contributed by atoms with van der Waals surface area (Å²) in [6.07, 6.45) is -2.85. The van der Waals surface area contributed by atoms with E-state index in [-0.39, 0.29) is 18.9 Å². The van der Waals surface area contributed by atoms with Gasteiger partial charge in [-0.1, -0.05) is 18.2 Å². The third-order valence-electron chi connectivity index (χ3n) is 3.12. The van der Waals surface area contributed by atoms with Crippen molar-refractivity contribution >= 4 is 5.91 Å². The molecule has 1 aliphatic heterocycles. The lowest BCUT2D eigenvalue weighted by atomic mass is 10.0. The van der Waals surface area contributed by atoms with Crippen LogP contribution in [0.25, 0.3) is 0 Å². The highest BCUT2D eigenvalue weighted by molar-refractivity contribution is 5.94. The number of amides is 1. The number of benzene rings is 1. The zero-order valence-electron chi connectivity index (χ0n) is 10.3. The number of hydrogen-bond donors (Lipinski definition) is 4. The lowest BCUT2D eigenvalue weighted by Crippen LogP contribution is -2.55. The molecule has 1 aliphatic rings. The van der Waals surface area contributed by atoms with Crippen LogP contribution in [0, 0.1) is 0 Å². The van der Waals surface area contributed by atoms with Crippen molar-refractivity contribution in [3.05, 3.63) is 35.9 Å². The van der Waals surface area contributed by atoms with Gasteiger partial charge in [0.15, 0.2) is 6.29 Å². The highest BCUT2D eigenvalue weighted by Crippen LogP contribution is 2.19. The van der Waals surface area contributed by atoms with E-state index >= 15 is 0 Å². The van der Waals surface area contributed by atoms with E-state index in [4.69, 9.17) is 9.84 Å². The van der Waals surface area contributed by atoms with Crippen molar-refractivity contribution in [2.45, 2.75) is 31.0 Å². The molecule has 0 radical (unpaired) electrons. The molecule has 1 aromatic rings. The molecular weight excluding hydrogens is 250 g/mol. The summed E-state index contributed by atoms with van der Waals surface area (Å²) in [6, 6.07) is 7.87. The molecule has 1 aromatic carbocycles. The SMILES string of the molecule is O=C(N[C@@H]1C[C@H](O)[C@@H](CO)O[C@H]1O)c1ccccc1. The molecule has 0 spiro atoms. The molecule has 1 amide bonds. The Morgan fingerprint density at radius 3 is 2.63 bits per heavy atom. The summed E-state index contributed by atoms with van der Waals surface area (Å²) in [5.41, 5.74) is 0.466. The van der Waals surface area contributed by atoms with Crippen molar-refractivity contribution in [1.29, 1.82) is 0 Å². The molecule has 0 aromatic heterocycles. The summed E-state index contributed by atoms with van der Waals surface area (Å²) < 4.78 is 5.04. The maximum Gasteiger partial charge on any atom is 0.251 e. The topological polar surface area (TPSA) is 99.0 Å². The lowest BCUT2D eigenvalue weighted by molar-refractivity contribution is -0.219. The first-order valence-corrected chi connectivity index (χ1v) is 6.10. The molecule has 0 saturated carbocycles. The Bertz CT molecular complexity index is 424. The zero-order valence-corrected chi connectivity index (χ0v) is 10.3. The van der Waals surface area contributed by atoms with Gasteiger partial charge in [-0.3, -0.25) is 4.79 Å². The molecule has 4 atom stereocenters. The van der Waals surface area contributed by atoms with Gasteiger partial charge in [0.25, 0.3) is 5.91 Å². The van der Waals surface area contributed by atoms with Gasteiger partial charge in [0.2, 0.25) is 0 Å². The van der Waals surface area contributed by atoms with Crippen LogP contribution >= 0.6 is 0 Å². The first kappa shape index (κ1) is 14.0. The molecule has 1 fully saturated rings. The van der Waals surface area contributed by atoms with Crippen molar-refractivity contribution < 1.29 is 24.9 Å². The zero-order chi connectivity index (χ0) is 13.8. The Morgan fingerprint density at radius 1 is 1.32 bits per heavy atom. The summed E-state index contributed by atoms with van der Waals surface area (Å²) >= 11 is 0. The van der Waals surface area contributed by atoms with Crippen LogP contribution in [0.3, 0.4) is 0 Å². The van der Waals surface area contributed by atoms with Crippen LogP contribution in [0.15, 0.2) is 30.3 Å². The molecule has 0 bridgehead atoms. The van der Waals surface area contributed by atoms with E-state index in [2.05, 4.69) is 5.32 Å². The predicted molar refractivity (Wildman–Crippen MR) is 66.3 cm³/mol. The quantitative estimate of drug-likeness (QED) is 0.577. The molecule has 2 rings (SSSR count). The van der Waals surface area contributed by atoms with E-state index < -0.39 is 24.5 Å². The Balaban J connectivity index is 1.98. The maximum absolute atomic E-state index is 11.9. The van der Waals surface area contributed by atoms with Crippen molar-refractivity contribution in [3.63, 3.8) is 0 Å². The summed E-state index contributed by atoms with van der Waals surface area (Å²) in [6.45, 7) is -0.377. The molecule has 6 nitrogen and oxygen atoms in total. The van der Waals surface area contributed by atoms with Gasteiger partial charge in [-0.2, -0.15) is 0 Å². The maximum atomic E-state index is 11.9. The van der Waals surface area contributed by atoms with Gasteiger partial charge in [-0.15, -0.1) is 0 Å². The van der Waals surface area contributed by atoms with Gasteiger partial charge in [-0.05, 0) is 12.1 Å². The van der Waals surface area contributed by atoms with E-state index in [9.17, 15) is 15.0 Å². The van der Waals surface area contributed by atoms with Crippen LogP contribution in [0.4, 0.5) is 0 Å². The van der Waals surface area contributed by atoms with Crippen LogP contribution in [0.1, 0.15) is 16.8 Å². The average Bonchev–Trinajstić information content (AvgIpc) is 2.43. The molecule has 1 saturated heterocycles. The second kappa shape index (κ2) is 6.12. The molecule has 1 heterocycles. The molecule has 0 aliphatic carbocycles. The minimum Gasteiger partial charge on any atom is -0.394 e. The van der Waals surface area contributed by atoms with Crippen LogP contribution in [0.2, 0.25) is 0 Å². The van der Waals surface area contributed by atoms with Crippen LogP contribution in [-0.4, -0.2) is 52.4 Å². The Hall–Kier alpha value is -1.47. The number of hydrogen-bond acceptors (Lipinski definition) is 5. The lowest BCUT2D eigenvalue weighted by Gasteiger charge is -2.36. The van der Waals surface area contributed by atoms with E-state index in [0.717, 1.165) is 0 Å². The van der Waals surface area contributed by atoms with E-state index in [0.29, 0.717) is 5.56 Å². The van der Waals surface area contributed by atoms with Gasteiger partial charge >= 0.3 is 0 Å². The number of rotatable bonds is 3. The fourth-order valence-corrected chi connectivity index (χ4v) is 2.03. The van der Waals surface area contributed by atoms with Gasteiger partial charge in [-0.25, -0.2) is 0 Å². The number of aliphatic hydroxyl groups is 3.